The maximum atomic E-state index is 13.1. The molecule has 0 aliphatic heterocycles. The van der Waals surface area contributed by atoms with Crippen LogP contribution in [0.25, 0.3) is 11.3 Å². The van der Waals surface area contributed by atoms with Gasteiger partial charge in [-0.15, -0.1) is 0 Å². The van der Waals surface area contributed by atoms with E-state index in [1.165, 1.54) is 4.80 Å². The second-order valence-corrected chi connectivity index (χ2v) is 7.50. The van der Waals surface area contributed by atoms with Crippen LogP contribution < -0.4 is 10.6 Å². The zero-order chi connectivity index (χ0) is 23.0. The number of hydrogen-bond donors (Lipinski definition) is 2. The van der Waals surface area contributed by atoms with Crippen molar-refractivity contribution in [2.24, 2.45) is 7.05 Å². The lowest BCUT2D eigenvalue weighted by Gasteiger charge is -2.19. The van der Waals surface area contributed by atoms with E-state index >= 15 is 0 Å². The molecule has 2 aromatic heterocycles. The molecule has 2 N–H and O–H groups in total. The van der Waals surface area contributed by atoms with Crippen molar-refractivity contribution in [3.05, 3.63) is 95.8 Å². The van der Waals surface area contributed by atoms with Crippen molar-refractivity contribution in [1.29, 1.82) is 5.26 Å². The molecule has 33 heavy (non-hydrogen) atoms. The number of nitrogens with one attached hydrogen (secondary N) is 2. The van der Waals surface area contributed by atoms with E-state index in [0.29, 0.717) is 17.9 Å². The van der Waals surface area contributed by atoms with Crippen LogP contribution in [0.5, 0.6) is 0 Å². The van der Waals surface area contributed by atoms with Crippen LogP contribution in [0.4, 0.5) is 5.82 Å². The Morgan fingerprint density at radius 2 is 1.85 bits per heavy atom. The predicted molar refractivity (Wildman–Crippen MR) is 125 cm³/mol. The highest BCUT2D eigenvalue weighted by molar-refractivity contribution is 5.94. The third kappa shape index (κ3) is 5.67. The average molecular weight is 438 g/mol. The molecule has 0 aliphatic carbocycles. The molecule has 8 nitrogen and oxygen atoms in total. The Bertz CT molecular complexity index is 1240. The van der Waals surface area contributed by atoms with Gasteiger partial charge in [0.05, 0.1) is 17.8 Å². The molecule has 2 aromatic carbocycles. The van der Waals surface area contributed by atoms with E-state index in [9.17, 15) is 4.79 Å². The number of pyridine rings is 1. The van der Waals surface area contributed by atoms with Gasteiger partial charge in [0.1, 0.15) is 17.6 Å². The predicted octanol–water partition coefficient (Wildman–Crippen LogP) is 3.26. The molecule has 0 saturated carbocycles. The van der Waals surface area contributed by atoms with Crippen LogP contribution in [0.2, 0.25) is 0 Å². The van der Waals surface area contributed by atoms with Crippen LogP contribution >= 0.6 is 0 Å². The number of aryl methyl sites for hydroxylation is 1. The van der Waals surface area contributed by atoms with E-state index < -0.39 is 6.04 Å². The van der Waals surface area contributed by atoms with Crippen molar-refractivity contribution >= 4 is 11.7 Å². The molecular weight excluding hydrogens is 414 g/mol. The lowest BCUT2D eigenvalue weighted by molar-refractivity contribution is -0.118. The van der Waals surface area contributed by atoms with Gasteiger partial charge in [-0.25, -0.2) is 4.98 Å². The van der Waals surface area contributed by atoms with E-state index in [1.54, 1.807) is 37.6 Å². The summed E-state index contributed by atoms with van der Waals surface area (Å²) < 4.78 is 0. The monoisotopic (exact) mass is 437 g/mol. The van der Waals surface area contributed by atoms with Gasteiger partial charge < -0.3 is 10.6 Å². The zero-order valence-electron chi connectivity index (χ0n) is 18.1. The van der Waals surface area contributed by atoms with Crippen LogP contribution in [0.15, 0.2) is 79.1 Å². The Morgan fingerprint density at radius 3 is 2.48 bits per heavy atom. The summed E-state index contributed by atoms with van der Waals surface area (Å²) in [7, 11) is 1.75. The van der Waals surface area contributed by atoms with Gasteiger partial charge in [0.2, 0.25) is 5.91 Å². The molecule has 0 radical (unpaired) electrons. The molecule has 1 amide bonds. The molecule has 2 heterocycles. The lowest BCUT2D eigenvalue weighted by Crippen LogP contribution is -2.34. The second-order valence-electron chi connectivity index (χ2n) is 7.50. The highest BCUT2D eigenvalue weighted by atomic mass is 16.2. The molecule has 0 bridgehead atoms. The number of carbonyl (C=O) groups is 1. The van der Waals surface area contributed by atoms with Crippen LogP contribution in [-0.2, 0) is 18.3 Å². The third-order valence-electron chi connectivity index (χ3n) is 5.15. The van der Waals surface area contributed by atoms with Crippen LogP contribution in [0.1, 0.15) is 22.7 Å². The molecule has 1 unspecified atom stereocenters. The molecule has 164 valence electrons. The molecule has 0 saturated heterocycles. The Hall–Kier alpha value is -4.35. The van der Waals surface area contributed by atoms with E-state index in [-0.39, 0.29) is 5.91 Å². The highest BCUT2D eigenvalue weighted by Gasteiger charge is 2.20. The summed E-state index contributed by atoms with van der Waals surface area (Å²) in [5.74, 6) is 0.267. The number of benzene rings is 2. The lowest BCUT2D eigenvalue weighted by atomic mass is 10.1. The SMILES string of the molecule is Cn1ncc(-c2ccc(NC(=O)C(NCCc3ccc(C#N)cc3)c3ccccc3)nc2)n1. The number of hydrogen-bond acceptors (Lipinski definition) is 6. The van der Waals surface area contributed by atoms with Gasteiger partial charge in [-0.2, -0.15) is 20.3 Å². The van der Waals surface area contributed by atoms with Gasteiger partial charge in [-0.1, -0.05) is 42.5 Å². The summed E-state index contributed by atoms with van der Waals surface area (Å²) in [5.41, 5.74) is 4.13. The van der Waals surface area contributed by atoms with Crippen molar-refractivity contribution in [2.45, 2.75) is 12.5 Å². The van der Waals surface area contributed by atoms with Gasteiger partial charge in [-0.05, 0) is 41.8 Å². The second kappa shape index (κ2) is 10.3. The Labute approximate surface area is 191 Å². The van der Waals surface area contributed by atoms with Gasteiger partial charge in [-0.3, -0.25) is 4.79 Å². The molecule has 0 spiro atoms. The summed E-state index contributed by atoms with van der Waals surface area (Å²) in [5, 5.41) is 23.5. The first-order valence-corrected chi connectivity index (χ1v) is 10.5. The minimum Gasteiger partial charge on any atom is -0.309 e. The number of amides is 1. The molecule has 1 atom stereocenters. The van der Waals surface area contributed by atoms with Crippen molar-refractivity contribution in [1.82, 2.24) is 25.3 Å². The minimum absolute atomic E-state index is 0.194. The third-order valence-corrected chi connectivity index (χ3v) is 5.15. The summed E-state index contributed by atoms with van der Waals surface area (Å²) in [6.45, 7) is 0.595. The Morgan fingerprint density at radius 1 is 1.06 bits per heavy atom. The van der Waals surface area contributed by atoms with E-state index in [2.05, 4.69) is 31.9 Å². The fourth-order valence-corrected chi connectivity index (χ4v) is 3.41. The molecular formula is C25H23N7O. The molecule has 4 rings (SSSR count). The first kappa shape index (κ1) is 21.9. The first-order chi connectivity index (χ1) is 16.1. The molecule has 4 aromatic rings. The standard InChI is InChI=1S/C25H23N7O/c1-32-29-17-22(31-32)21-11-12-23(28-16-21)30-25(33)24(20-5-3-2-4-6-20)27-14-13-18-7-9-19(15-26)10-8-18/h2-12,16-17,24,27H,13-14H2,1H3,(H,28,30,33). The van der Waals surface area contributed by atoms with Crippen molar-refractivity contribution in [3.63, 3.8) is 0 Å². The van der Waals surface area contributed by atoms with Crippen LogP contribution in [-0.4, -0.2) is 32.4 Å². The number of aromatic nitrogens is 4. The quantitative estimate of drug-likeness (QED) is 0.438. The van der Waals surface area contributed by atoms with E-state index in [0.717, 1.165) is 28.8 Å². The number of nitrogens with zero attached hydrogens (tertiary/aromatic N) is 5. The Kier molecular flexibility index (Phi) is 6.83. The summed E-state index contributed by atoms with van der Waals surface area (Å²) in [6.07, 6.45) is 4.06. The maximum absolute atomic E-state index is 13.1. The molecule has 0 fully saturated rings. The topological polar surface area (TPSA) is 109 Å². The van der Waals surface area contributed by atoms with Gasteiger partial charge in [0, 0.05) is 25.4 Å². The first-order valence-electron chi connectivity index (χ1n) is 10.5. The molecule has 0 aliphatic rings. The van der Waals surface area contributed by atoms with Gasteiger partial charge >= 0.3 is 0 Å². The fourth-order valence-electron chi connectivity index (χ4n) is 3.41. The number of nitriles is 1. The number of anilines is 1. The van der Waals surface area contributed by atoms with Gasteiger partial charge in [0.15, 0.2) is 0 Å². The normalized spacial score (nSPS) is 11.5. The Balaban J connectivity index is 1.42. The zero-order valence-corrected chi connectivity index (χ0v) is 18.1. The minimum atomic E-state index is -0.536. The van der Waals surface area contributed by atoms with E-state index in [4.69, 9.17) is 5.26 Å². The number of rotatable bonds is 8. The van der Waals surface area contributed by atoms with Crippen molar-refractivity contribution < 1.29 is 4.79 Å². The van der Waals surface area contributed by atoms with Crippen molar-refractivity contribution in [3.8, 4) is 17.3 Å². The summed E-state index contributed by atoms with van der Waals surface area (Å²) in [6, 6.07) is 22.2. The summed E-state index contributed by atoms with van der Waals surface area (Å²) in [4.78, 5) is 19.0. The largest absolute Gasteiger partial charge is 0.309 e. The smallest absolute Gasteiger partial charge is 0.247 e. The number of carbonyl (C=O) groups excluding carboxylic acids is 1. The van der Waals surface area contributed by atoms with Crippen molar-refractivity contribution in [2.75, 3.05) is 11.9 Å². The summed E-state index contributed by atoms with van der Waals surface area (Å²) >= 11 is 0. The van der Waals surface area contributed by atoms with Crippen LogP contribution in [0, 0.1) is 11.3 Å². The maximum Gasteiger partial charge on any atom is 0.247 e. The van der Waals surface area contributed by atoms with Gasteiger partial charge in [0.25, 0.3) is 0 Å². The average Bonchev–Trinajstić information content (AvgIpc) is 3.29. The van der Waals surface area contributed by atoms with Crippen LogP contribution in [0.3, 0.4) is 0 Å². The highest BCUT2D eigenvalue weighted by Crippen LogP contribution is 2.19. The fraction of sp³-hybridized carbons (Fsp3) is 0.160. The van der Waals surface area contributed by atoms with E-state index in [1.807, 2.05) is 48.5 Å². The molecule has 8 heteroatoms.